The van der Waals surface area contributed by atoms with Gasteiger partial charge in [-0.3, -0.25) is 4.79 Å². The summed E-state index contributed by atoms with van der Waals surface area (Å²) in [5, 5.41) is 9.80. The summed E-state index contributed by atoms with van der Waals surface area (Å²) in [6.07, 6.45) is 0.644. The number of carbonyl (C=O) groups excluding carboxylic acids is 1. The number of aryl methyl sites for hydroxylation is 1. The van der Waals surface area contributed by atoms with Gasteiger partial charge in [-0.05, 0) is 42.3 Å². The van der Waals surface area contributed by atoms with Crippen molar-refractivity contribution in [1.82, 2.24) is 4.90 Å². The van der Waals surface area contributed by atoms with Crippen molar-refractivity contribution in [3.63, 3.8) is 0 Å². The van der Waals surface area contributed by atoms with Gasteiger partial charge in [-0.1, -0.05) is 29.8 Å². The highest BCUT2D eigenvalue weighted by molar-refractivity contribution is 6.30. The molecule has 25 heavy (non-hydrogen) atoms. The highest BCUT2D eigenvalue weighted by Gasteiger charge is 2.13. The lowest BCUT2D eigenvalue weighted by atomic mass is 10.0. The van der Waals surface area contributed by atoms with E-state index in [2.05, 4.69) is 0 Å². The van der Waals surface area contributed by atoms with Crippen molar-refractivity contribution >= 4 is 23.5 Å². The van der Waals surface area contributed by atoms with Gasteiger partial charge < -0.3 is 14.7 Å². The van der Waals surface area contributed by atoms with Gasteiger partial charge >= 0.3 is 5.97 Å². The zero-order chi connectivity index (χ0) is 18.2. The number of benzene rings is 2. The van der Waals surface area contributed by atoms with Gasteiger partial charge in [0.25, 0.3) is 0 Å². The second-order valence-corrected chi connectivity index (χ2v) is 6.02. The van der Waals surface area contributed by atoms with Crippen LogP contribution in [0.2, 0.25) is 5.02 Å². The highest BCUT2D eigenvalue weighted by atomic mass is 35.5. The largest absolute Gasteiger partial charge is 0.492 e. The Balaban J connectivity index is 1.78. The fraction of sp³-hybridized carbons (Fsp3) is 0.263. The molecule has 2 aromatic rings. The smallest absolute Gasteiger partial charge is 0.335 e. The van der Waals surface area contributed by atoms with Crippen LogP contribution in [0.25, 0.3) is 0 Å². The quantitative estimate of drug-likeness (QED) is 0.781. The summed E-state index contributed by atoms with van der Waals surface area (Å²) in [6, 6.07) is 13.8. The topological polar surface area (TPSA) is 66.8 Å². The first-order chi connectivity index (χ1) is 12.0. The number of hydrogen-bond acceptors (Lipinski definition) is 3. The number of rotatable bonds is 8. The van der Waals surface area contributed by atoms with Crippen molar-refractivity contribution in [2.45, 2.75) is 12.8 Å². The number of carboxylic acid groups (broad SMARTS) is 1. The Hall–Kier alpha value is -2.53. The summed E-state index contributed by atoms with van der Waals surface area (Å²) in [7, 11) is 1.71. The molecule has 6 heteroatoms. The first kappa shape index (κ1) is 18.8. The lowest BCUT2D eigenvalue weighted by Gasteiger charge is -2.18. The van der Waals surface area contributed by atoms with Crippen LogP contribution in [0.4, 0.5) is 0 Å². The number of aromatic carboxylic acids is 1. The molecule has 0 aromatic heterocycles. The normalized spacial score (nSPS) is 10.3. The van der Waals surface area contributed by atoms with Gasteiger partial charge in [0.2, 0.25) is 5.91 Å². The first-order valence-electron chi connectivity index (χ1n) is 7.91. The Morgan fingerprint density at radius 1 is 1.12 bits per heavy atom. The molecule has 2 aromatic carbocycles. The summed E-state index contributed by atoms with van der Waals surface area (Å²) < 4.78 is 5.56. The van der Waals surface area contributed by atoms with E-state index in [1.165, 1.54) is 0 Å². The standard InChI is InChI=1S/C19H20ClNO4/c1-21(12-13-25-16-9-7-15(20)8-10-16)18(22)11-6-14-4-2-3-5-17(14)19(23)24/h2-5,7-10H,6,11-13H2,1H3,(H,23,24). The second-order valence-electron chi connectivity index (χ2n) is 5.58. The number of hydrogen-bond donors (Lipinski definition) is 1. The molecule has 0 spiro atoms. The maximum Gasteiger partial charge on any atom is 0.335 e. The van der Waals surface area contributed by atoms with E-state index in [0.717, 1.165) is 0 Å². The predicted molar refractivity (Wildman–Crippen MR) is 96.3 cm³/mol. The maximum absolute atomic E-state index is 12.2. The Labute approximate surface area is 151 Å². The molecule has 0 atom stereocenters. The van der Waals surface area contributed by atoms with Crippen LogP contribution >= 0.6 is 11.6 Å². The number of halogens is 1. The van der Waals surface area contributed by atoms with Gasteiger partial charge in [0.05, 0.1) is 12.1 Å². The predicted octanol–water partition coefficient (Wildman–Crippen LogP) is 3.51. The summed E-state index contributed by atoms with van der Waals surface area (Å²) in [5.74, 6) is -0.340. The van der Waals surface area contributed by atoms with Crippen molar-refractivity contribution in [1.29, 1.82) is 0 Å². The SMILES string of the molecule is CN(CCOc1ccc(Cl)cc1)C(=O)CCc1ccccc1C(=O)O. The average Bonchev–Trinajstić information content (AvgIpc) is 2.61. The molecule has 1 amide bonds. The van der Waals surface area contributed by atoms with Crippen LogP contribution in [-0.4, -0.2) is 42.1 Å². The molecular formula is C19H20ClNO4. The molecule has 0 heterocycles. The van der Waals surface area contributed by atoms with Gasteiger partial charge in [0, 0.05) is 18.5 Å². The molecule has 2 rings (SSSR count). The van der Waals surface area contributed by atoms with E-state index in [-0.39, 0.29) is 17.9 Å². The number of nitrogens with zero attached hydrogens (tertiary/aromatic N) is 1. The van der Waals surface area contributed by atoms with Crippen molar-refractivity contribution in [3.05, 3.63) is 64.7 Å². The average molecular weight is 362 g/mol. The molecule has 0 aliphatic heterocycles. The van der Waals surface area contributed by atoms with E-state index in [9.17, 15) is 9.59 Å². The molecule has 0 bridgehead atoms. The fourth-order valence-corrected chi connectivity index (χ4v) is 2.46. The number of likely N-dealkylation sites (N-methyl/N-ethyl adjacent to an activating group) is 1. The number of amides is 1. The maximum atomic E-state index is 12.2. The van der Waals surface area contributed by atoms with Crippen molar-refractivity contribution < 1.29 is 19.4 Å². The molecule has 0 saturated heterocycles. The van der Waals surface area contributed by atoms with E-state index in [0.29, 0.717) is 35.9 Å². The van der Waals surface area contributed by atoms with Crippen LogP contribution < -0.4 is 4.74 Å². The van der Waals surface area contributed by atoms with Gasteiger partial charge in [-0.2, -0.15) is 0 Å². The second kappa shape index (κ2) is 9.08. The highest BCUT2D eigenvalue weighted by Crippen LogP contribution is 2.15. The molecule has 0 saturated carbocycles. The first-order valence-corrected chi connectivity index (χ1v) is 8.28. The lowest BCUT2D eigenvalue weighted by Crippen LogP contribution is -2.31. The zero-order valence-corrected chi connectivity index (χ0v) is 14.7. The van der Waals surface area contributed by atoms with Crippen LogP contribution in [0.15, 0.2) is 48.5 Å². The Morgan fingerprint density at radius 3 is 2.48 bits per heavy atom. The minimum atomic E-state index is -0.979. The number of carbonyl (C=O) groups is 2. The zero-order valence-electron chi connectivity index (χ0n) is 13.9. The van der Waals surface area contributed by atoms with Gasteiger partial charge in [0.1, 0.15) is 12.4 Å². The number of carboxylic acids is 1. The molecule has 0 aliphatic carbocycles. The van der Waals surface area contributed by atoms with Gasteiger partial charge in [-0.25, -0.2) is 4.79 Å². The number of ether oxygens (including phenoxy) is 1. The fourth-order valence-electron chi connectivity index (χ4n) is 2.34. The molecular weight excluding hydrogens is 342 g/mol. The summed E-state index contributed by atoms with van der Waals surface area (Å²) in [6.45, 7) is 0.817. The minimum Gasteiger partial charge on any atom is -0.492 e. The summed E-state index contributed by atoms with van der Waals surface area (Å²) in [5.41, 5.74) is 0.901. The van der Waals surface area contributed by atoms with Crippen molar-refractivity contribution in [3.8, 4) is 5.75 Å². The van der Waals surface area contributed by atoms with Crippen LogP contribution in [-0.2, 0) is 11.2 Å². The van der Waals surface area contributed by atoms with Crippen LogP contribution in [0.1, 0.15) is 22.3 Å². The third-order valence-electron chi connectivity index (χ3n) is 3.79. The third-order valence-corrected chi connectivity index (χ3v) is 4.04. The van der Waals surface area contributed by atoms with E-state index < -0.39 is 5.97 Å². The summed E-state index contributed by atoms with van der Waals surface area (Å²) in [4.78, 5) is 24.9. The molecule has 1 N–H and O–H groups in total. The van der Waals surface area contributed by atoms with Crippen molar-refractivity contribution in [2.75, 3.05) is 20.2 Å². The van der Waals surface area contributed by atoms with E-state index in [4.69, 9.17) is 21.4 Å². The lowest BCUT2D eigenvalue weighted by molar-refractivity contribution is -0.130. The molecule has 0 aliphatic rings. The van der Waals surface area contributed by atoms with Gasteiger partial charge in [0.15, 0.2) is 0 Å². The summed E-state index contributed by atoms with van der Waals surface area (Å²) >= 11 is 5.81. The van der Waals surface area contributed by atoms with Crippen molar-refractivity contribution in [2.24, 2.45) is 0 Å². The van der Waals surface area contributed by atoms with Crippen LogP contribution in [0.5, 0.6) is 5.75 Å². The van der Waals surface area contributed by atoms with E-state index in [1.807, 2.05) is 0 Å². The minimum absolute atomic E-state index is 0.0557. The van der Waals surface area contributed by atoms with Crippen LogP contribution in [0, 0.1) is 0 Å². The molecule has 0 radical (unpaired) electrons. The third kappa shape index (κ3) is 5.80. The molecule has 0 unspecified atom stereocenters. The Bertz CT molecular complexity index is 730. The van der Waals surface area contributed by atoms with Gasteiger partial charge in [-0.15, -0.1) is 0 Å². The Kier molecular flexibility index (Phi) is 6.83. The molecule has 132 valence electrons. The monoisotopic (exact) mass is 361 g/mol. The molecule has 5 nitrogen and oxygen atoms in total. The Morgan fingerprint density at radius 2 is 1.80 bits per heavy atom. The van der Waals surface area contributed by atoms with Crippen LogP contribution in [0.3, 0.4) is 0 Å². The van der Waals surface area contributed by atoms with E-state index >= 15 is 0 Å². The molecule has 0 fully saturated rings. The van der Waals surface area contributed by atoms with E-state index in [1.54, 1.807) is 60.5 Å².